The lowest BCUT2D eigenvalue weighted by Gasteiger charge is -2.27. The molecule has 0 spiro atoms. The smallest absolute Gasteiger partial charge is 0.254 e. The molecule has 0 fully saturated rings. The lowest BCUT2D eigenvalue weighted by Crippen LogP contribution is -2.43. The fourth-order valence-electron chi connectivity index (χ4n) is 3.58. The Labute approximate surface area is 199 Å². The summed E-state index contributed by atoms with van der Waals surface area (Å²) in [5.74, 6) is 0.569. The second-order valence-electron chi connectivity index (χ2n) is 8.16. The molecule has 180 valence electrons. The largest absolute Gasteiger partial charge is 0.464 e. The van der Waals surface area contributed by atoms with Crippen molar-refractivity contribution in [2.24, 2.45) is 0 Å². The monoisotopic (exact) mass is 466 g/mol. The van der Waals surface area contributed by atoms with Gasteiger partial charge in [-0.3, -0.25) is 9.59 Å². The van der Waals surface area contributed by atoms with Crippen molar-refractivity contribution in [3.05, 3.63) is 94.7 Å². The van der Waals surface area contributed by atoms with E-state index in [-0.39, 0.29) is 43.8 Å². The van der Waals surface area contributed by atoms with Crippen LogP contribution < -0.4 is 0 Å². The maximum absolute atomic E-state index is 13.4. The van der Waals surface area contributed by atoms with E-state index in [4.69, 9.17) is 9.15 Å². The number of halogens is 1. The normalized spacial score (nSPS) is 10.8. The maximum Gasteiger partial charge on any atom is 0.254 e. The van der Waals surface area contributed by atoms with Crippen molar-refractivity contribution in [1.29, 1.82) is 0 Å². The van der Waals surface area contributed by atoms with E-state index in [0.29, 0.717) is 17.9 Å². The van der Waals surface area contributed by atoms with Crippen LogP contribution in [0.5, 0.6) is 0 Å². The zero-order valence-electron chi connectivity index (χ0n) is 19.9. The van der Waals surface area contributed by atoms with E-state index in [9.17, 15) is 14.0 Å². The number of rotatable bonds is 11. The van der Waals surface area contributed by atoms with E-state index in [0.717, 1.165) is 23.3 Å². The molecule has 0 atom stereocenters. The Kier molecular flexibility index (Phi) is 8.99. The van der Waals surface area contributed by atoms with Gasteiger partial charge in [0.05, 0.1) is 13.2 Å². The van der Waals surface area contributed by atoms with E-state index in [2.05, 4.69) is 6.92 Å². The van der Waals surface area contributed by atoms with E-state index in [1.165, 1.54) is 17.0 Å². The minimum Gasteiger partial charge on any atom is -0.464 e. The van der Waals surface area contributed by atoms with Gasteiger partial charge in [0.25, 0.3) is 5.91 Å². The number of aryl methyl sites for hydroxylation is 2. The maximum atomic E-state index is 13.4. The van der Waals surface area contributed by atoms with Crippen molar-refractivity contribution in [1.82, 2.24) is 9.80 Å². The molecular weight excluding hydrogens is 435 g/mol. The SMILES string of the molecule is CCc1ccc(C(=O)N(CCOC)CC(=O)N(Cc2ccc(F)cc2)Cc2ccc(C)o2)cc1. The van der Waals surface area contributed by atoms with E-state index >= 15 is 0 Å². The molecule has 0 bridgehead atoms. The van der Waals surface area contributed by atoms with Gasteiger partial charge in [0.2, 0.25) is 5.91 Å². The Bertz CT molecular complexity index is 1080. The fraction of sp³-hybridized carbons (Fsp3) is 0.333. The molecule has 0 saturated carbocycles. The Balaban J connectivity index is 1.80. The molecule has 3 rings (SSSR count). The van der Waals surface area contributed by atoms with E-state index in [1.54, 1.807) is 36.3 Å². The number of amides is 2. The summed E-state index contributed by atoms with van der Waals surface area (Å²) in [5, 5.41) is 0. The number of methoxy groups -OCH3 is 1. The predicted octanol–water partition coefficient (Wildman–Crippen LogP) is 4.61. The third kappa shape index (κ3) is 7.02. The van der Waals surface area contributed by atoms with E-state index in [1.807, 2.05) is 31.2 Å². The number of benzene rings is 2. The summed E-state index contributed by atoms with van der Waals surface area (Å²) in [7, 11) is 1.56. The van der Waals surface area contributed by atoms with E-state index < -0.39 is 0 Å². The van der Waals surface area contributed by atoms with Crippen LogP contribution in [-0.4, -0.2) is 48.4 Å². The first-order valence-electron chi connectivity index (χ1n) is 11.3. The van der Waals surface area contributed by atoms with Crippen LogP contribution in [0.4, 0.5) is 4.39 Å². The standard InChI is InChI=1S/C27H31FN2O4/c1-4-21-6-10-23(11-7-21)27(32)29(15-16-33-3)19-26(31)30(18-25-14-5-20(2)34-25)17-22-8-12-24(28)13-9-22/h5-14H,4,15-19H2,1-3H3. The van der Waals surface area contributed by atoms with Crippen molar-refractivity contribution in [3.8, 4) is 0 Å². The third-order valence-electron chi connectivity index (χ3n) is 5.57. The van der Waals surface area contributed by atoms with Gasteiger partial charge in [0, 0.05) is 25.8 Å². The average molecular weight is 467 g/mol. The van der Waals surface area contributed by atoms with Gasteiger partial charge in [-0.15, -0.1) is 0 Å². The predicted molar refractivity (Wildman–Crippen MR) is 128 cm³/mol. The number of nitrogens with zero attached hydrogens (tertiary/aromatic N) is 2. The molecule has 7 heteroatoms. The average Bonchev–Trinajstić information content (AvgIpc) is 3.26. The summed E-state index contributed by atoms with van der Waals surface area (Å²) in [6.45, 7) is 4.86. The Morgan fingerprint density at radius 2 is 1.59 bits per heavy atom. The molecule has 34 heavy (non-hydrogen) atoms. The number of hydrogen-bond acceptors (Lipinski definition) is 4. The summed E-state index contributed by atoms with van der Waals surface area (Å²) in [4.78, 5) is 29.7. The molecule has 0 aliphatic carbocycles. The number of carbonyl (C=O) groups is 2. The minimum absolute atomic E-state index is 0.112. The van der Waals surface area contributed by atoms with Gasteiger partial charge in [0.1, 0.15) is 23.9 Å². The molecule has 0 unspecified atom stereocenters. The van der Waals surface area contributed by atoms with Crippen LogP contribution in [0, 0.1) is 12.7 Å². The van der Waals surface area contributed by atoms with Crippen LogP contribution in [0.15, 0.2) is 65.1 Å². The van der Waals surface area contributed by atoms with Gasteiger partial charge < -0.3 is 19.0 Å². The number of carbonyl (C=O) groups excluding carboxylic acids is 2. The highest BCUT2D eigenvalue weighted by atomic mass is 19.1. The lowest BCUT2D eigenvalue weighted by molar-refractivity contribution is -0.133. The molecule has 1 heterocycles. The molecule has 2 aromatic carbocycles. The Morgan fingerprint density at radius 3 is 2.18 bits per heavy atom. The summed E-state index contributed by atoms with van der Waals surface area (Å²) < 4.78 is 24.2. The van der Waals surface area contributed by atoms with Crippen molar-refractivity contribution >= 4 is 11.8 Å². The molecule has 0 aliphatic rings. The lowest BCUT2D eigenvalue weighted by atomic mass is 10.1. The highest BCUT2D eigenvalue weighted by Crippen LogP contribution is 2.15. The molecule has 6 nitrogen and oxygen atoms in total. The molecule has 0 N–H and O–H groups in total. The summed E-state index contributed by atoms with van der Waals surface area (Å²) in [5.41, 5.74) is 2.44. The minimum atomic E-state index is -0.339. The number of hydrogen-bond donors (Lipinski definition) is 0. The molecule has 3 aromatic rings. The molecule has 1 aromatic heterocycles. The van der Waals surface area contributed by atoms with Crippen molar-refractivity contribution < 1.29 is 23.1 Å². The first-order valence-corrected chi connectivity index (χ1v) is 11.3. The van der Waals surface area contributed by atoms with Gasteiger partial charge in [-0.1, -0.05) is 31.2 Å². The fourth-order valence-corrected chi connectivity index (χ4v) is 3.58. The molecule has 2 amide bonds. The van der Waals surface area contributed by atoms with Crippen LogP contribution in [-0.2, 0) is 29.0 Å². The summed E-state index contributed by atoms with van der Waals surface area (Å²) >= 11 is 0. The first-order chi connectivity index (χ1) is 16.4. The number of furan rings is 1. The van der Waals surface area contributed by atoms with Crippen LogP contribution >= 0.6 is 0 Å². The van der Waals surface area contributed by atoms with Crippen LogP contribution in [0.25, 0.3) is 0 Å². The summed E-state index contributed by atoms with van der Waals surface area (Å²) in [6, 6.07) is 17.1. The zero-order valence-corrected chi connectivity index (χ0v) is 19.9. The molecule has 0 aliphatic heterocycles. The highest BCUT2D eigenvalue weighted by molar-refractivity contribution is 5.96. The Morgan fingerprint density at radius 1 is 0.912 bits per heavy atom. The second-order valence-corrected chi connectivity index (χ2v) is 8.16. The van der Waals surface area contributed by atoms with Gasteiger partial charge in [-0.2, -0.15) is 0 Å². The van der Waals surface area contributed by atoms with Crippen molar-refractivity contribution in [2.45, 2.75) is 33.4 Å². The van der Waals surface area contributed by atoms with Gasteiger partial charge >= 0.3 is 0 Å². The molecule has 0 saturated heterocycles. The number of ether oxygens (including phenoxy) is 1. The highest BCUT2D eigenvalue weighted by Gasteiger charge is 2.23. The molecular formula is C27H31FN2O4. The van der Waals surface area contributed by atoms with Gasteiger partial charge in [-0.05, 0) is 60.9 Å². The third-order valence-corrected chi connectivity index (χ3v) is 5.57. The second kappa shape index (κ2) is 12.1. The van der Waals surface area contributed by atoms with Gasteiger partial charge in [-0.25, -0.2) is 4.39 Å². The van der Waals surface area contributed by atoms with Gasteiger partial charge in [0.15, 0.2) is 0 Å². The first kappa shape index (κ1) is 25.2. The quantitative estimate of drug-likeness (QED) is 0.414. The summed E-state index contributed by atoms with van der Waals surface area (Å²) in [6.07, 6.45) is 0.880. The van der Waals surface area contributed by atoms with Crippen molar-refractivity contribution in [3.63, 3.8) is 0 Å². The molecule has 0 radical (unpaired) electrons. The van der Waals surface area contributed by atoms with Crippen molar-refractivity contribution in [2.75, 3.05) is 26.8 Å². The van der Waals surface area contributed by atoms with Crippen LogP contribution in [0.2, 0.25) is 0 Å². The van der Waals surface area contributed by atoms with Crippen LogP contribution in [0.3, 0.4) is 0 Å². The van der Waals surface area contributed by atoms with Crippen LogP contribution in [0.1, 0.15) is 39.9 Å². The zero-order chi connectivity index (χ0) is 24.5. The topological polar surface area (TPSA) is 63.0 Å². The Hall–Kier alpha value is -3.45.